The lowest BCUT2D eigenvalue weighted by atomic mass is 10.2. The number of hydrogen-bond donors (Lipinski definition) is 2. The van der Waals surface area contributed by atoms with Crippen molar-refractivity contribution in [1.29, 1.82) is 0 Å². The van der Waals surface area contributed by atoms with Crippen LogP contribution in [-0.2, 0) is 9.59 Å². The van der Waals surface area contributed by atoms with Crippen molar-refractivity contribution < 1.29 is 19.1 Å². The second-order valence-electron chi connectivity index (χ2n) is 4.88. The number of carbonyl (C=O) groups is 2. The third-order valence-corrected chi connectivity index (χ3v) is 3.16. The van der Waals surface area contributed by atoms with E-state index in [1.165, 1.54) is 13.3 Å². The summed E-state index contributed by atoms with van der Waals surface area (Å²) in [6.45, 7) is 0.110. The molecule has 0 heterocycles. The van der Waals surface area contributed by atoms with Gasteiger partial charge in [-0.3, -0.25) is 9.59 Å². The number of nitrogens with zero attached hydrogens (tertiary/aromatic N) is 1. The van der Waals surface area contributed by atoms with E-state index in [1.807, 2.05) is 0 Å². The summed E-state index contributed by atoms with van der Waals surface area (Å²) in [4.78, 5) is 23.8. The summed E-state index contributed by atoms with van der Waals surface area (Å²) in [7, 11) is 1.47. The molecule has 0 aliphatic rings. The van der Waals surface area contributed by atoms with E-state index >= 15 is 0 Å². The Balaban J connectivity index is 1.97. The number of terminal acetylenes is 1. The number of ether oxygens (including phenoxy) is 2. The normalized spacial score (nSPS) is 10.0. The van der Waals surface area contributed by atoms with Crippen LogP contribution in [0.2, 0.25) is 0 Å². The van der Waals surface area contributed by atoms with Crippen molar-refractivity contribution in [3.05, 3.63) is 54.1 Å². The van der Waals surface area contributed by atoms with E-state index in [0.717, 1.165) is 0 Å². The molecule has 7 nitrogen and oxygen atoms in total. The molecular formula is C19H17N3O4. The van der Waals surface area contributed by atoms with E-state index in [0.29, 0.717) is 22.7 Å². The molecule has 0 spiro atoms. The van der Waals surface area contributed by atoms with Crippen molar-refractivity contribution in [1.82, 2.24) is 5.43 Å². The molecule has 0 fully saturated rings. The molecule has 0 atom stereocenters. The summed E-state index contributed by atoms with van der Waals surface area (Å²) in [6, 6.07) is 13.7. The maximum atomic E-state index is 11.9. The van der Waals surface area contributed by atoms with Crippen LogP contribution in [0.15, 0.2) is 53.6 Å². The molecule has 2 aromatic carbocycles. The van der Waals surface area contributed by atoms with E-state index in [2.05, 4.69) is 21.8 Å². The van der Waals surface area contributed by atoms with Gasteiger partial charge in [-0.2, -0.15) is 5.10 Å². The Bertz CT molecular complexity index is 856. The first-order chi connectivity index (χ1) is 12.7. The summed E-state index contributed by atoms with van der Waals surface area (Å²) in [6.07, 6.45) is 6.53. The lowest BCUT2D eigenvalue weighted by molar-refractivity contribution is -0.136. The lowest BCUT2D eigenvalue weighted by Gasteiger charge is -2.08. The molecule has 132 valence electrons. The predicted octanol–water partition coefficient (Wildman–Crippen LogP) is 1.80. The largest absolute Gasteiger partial charge is 0.495 e. The molecule has 26 heavy (non-hydrogen) atoms. The molecule has 0 saturated carbocycles. The molecule has 0 saturated heterocycles. The van der Waals surface area contributed by atoms with E-state index < -0.39 is 11.8 Å². The number of para-hydroxylation sites is 3. The number of amides is 2. The fourth-order valence-electron chi connectivity index (χ4n) is 1.98. The Kier molecular flexibility index (Phi) is 6.77. The van der Waals surface area contributed by atoms with Crippen molar-refractivity contribution in [2.45, 2.75) is 0 Å². The molecule has 2 aromatic rings. The Labute approximate surface area is 151 Å². The molecule has 0 aromatic heterocycles. The Morgan fingerprint density at radius 1 is 1.12 bits per heavy atom. The summed E-state index contributed by atoms with van der Waals surface area (Å²) in [5, 5.41) is 6.22. The predicted molar refractivity (Wildman–Crippen MR) is 98.1 cm³/mol. The van der Waals surface area contributed by atoms with Crippen molar-refractivity contribution in [2.75, 3.05) is 19.0 Å². The van der Waals surface area contributed by atoms with Gasteiger partial charge in [0.1, 0.15) is 18.1 Å². The Hall–Kier alpha value is -3.79. The van der Waals surface area contributed by atoms with Crippen LogP contribution in [-0.4, -0.2) is 31.7 Å². The maximum Gasteiger partial charge on any atom is 0.329 e. The molecule has 0 aliphatic carbocycles. The van der Waals surface area contributed by atoms with Gasteiger partial charge in [-0.15, -0.1) is 6.42 Å². The molecule has 0 aliphatic heterocycles. The molecular weight excluding hydrogens is 334 g/mol. The van der Waals surface area contributed by atoms with Crippen LogP contribution in [0, 0.1) is 12.3 Å². The van der Waals surface area contributed by atoms with Crippen LogP contribution in [0.5, 0.6) is 11.5 Å². The minimum Gasteiger partial charge on any atom is -0.495 e. The molecule has 2 amide bonds. The summed E-state index contributed by atoms with van der Waals surface area (Å²) < 4.78 is 10.5. The van der Waals surface area contributed by atoms with Gasteiger partial charge in [0.2, 0.25) is 0 Å². The van der Waals surface area contributed by atoms with Crippen LogP contribution in [0.3, 0.4) is 0 Å². The van der Waals surface area contributed by atoms with Gasteiger partial charge in [-0.05, 0) is 24.3 Å². The third kappa shape index (κ3) is 5.11. The zero-order valence-electron chi connectivity index (χ0n) is 14.1. The lowest BCUT2D eigenvalue weighted by Crippen LogP contribution is -2.32. The average Bonchev–Trinajstić information content (AvgIpc) is 2.67. The number of hydrazone groups is 1. The van der Waals surface area contributed by atoms with Gasteiger partial charge in [0.05, 0.1) is 19.0 Å². The van der Waals surface area contributed by atoms with Crippen molar-refractivity contribution in [3.63, 3.8) is 0 Å². The zero-order chi connectivity index (χ0) is 18.8. The average molecular weight is 351 g/mol. The van der Waals surface area contributed by atoms with Gasteiger partial charge in [0.25, 0.3) is 0 Å². The summed E-state index contributed by atoms with van der Waals surface area (Å²) in [5.41, 5.74) is 3.14. The van der Waals surface area contributed by atoms with Crippen LogP contribution >= 0.6 is 0 Å². The zero-order valence-corrected chi connectivity index (χ0v) is 14.1. The second kappa shape index (κ2) is 9.49. The van der Waals surface area contributed by atoms with Gasteiger partial charge in [0, 0.05) is 5.56 Å². The van der Waals surface area contributed by atoms with Crippen LogP contribution in [0.25, 0.3) is 0 Å². The molecule has 7 heteroatoms. The van der Waals surface area contributed by atoms with E-state index in [1.54, 1.807) is 48.5 Å². The SMILES string of the molecule is C#CCOc1ccccc1/C=N\NC(=O)C(=O)Nc1ccccc1OC. The standard InChI is InChI=1S/C19H17N3O4/c1-3-12-26-16-10-6-4-8-14(16)13-20-22-19(24)18(23)21-15-9-5-7-11-17(15)25-2/h1,4-11,13H,12H2,2H3,(H,21,23)(H,22,24)/b20-13-. The third-order valence-electron chi connectivity index (χ3n) is 3.16. The van der Waals surface area contributed by atoms with E-state index in [9.17, 15) is 9.59 Å². The molecule has 0 radical (unpaired) electrons. The quantitative estimate of drug-likeness (QED) is 0.359. The fraction of sp³-hybridized carbons (Fsp3) is 0.105. The minimum atomic E-state index is -0.922. The number of benzene rings is 2. The van der Waals surface area contributed by atoms with Gasteiger partial charge in [-0.25, -0.2) is 5.43 Å². The number of nitrogens with one attached hydrogen (secondary N) is 2. The highest BCUT2D eigenvalue weighted by molar-refractivity contribution is 6.39. The first-order valence-electron chi connectivity index (χ1n) is 7.58. The maximum absolute atomic E-state index is 11.9. The van der Waals surface area contributed by atoms with Crippen LogP contribution in [0.1, 0.15) is 5.56 Å². The Morgan fingerprint density at radius 2 is 1.81 bits per heavy atom. The topological polar surface area (TPSA) is 89.0 Å². The molecule has 0 unspecified atom stereocenters. The van der Waals surface area contributed by atoms with Crippen molar-refractivity contribution in [2.24, 2.45) is 5.10 Å². The van der Waals surface area contributed by atoms with Gasteiger partial charge >= 0.3 is 11.8 Å². The second-order valence-corrected chi connectivity index (χ2v) is 4.88. The highest BCUT2D eigenvalue weighted by Crippen LogP contribution is 2.22. The minimum absolute atomic E-state index is 0.110. The number of methoxy groups -OCH3 is 1. The molecule has 2 rings (SSSR count). The highest BCUT2D eigenvalue weighted by atomic mass is 16.5. The van der Waals surface area contributed by atoms with Crippen LogP contribution in [0.4, 0.5) is 5.69 Å². The Morgan fingerprint density at radius 3 is 2.54 bits per heavy atom. The molecule has 0 bridgehead atoms. The number of carbonyl (C=O) groups excluding carboxylic acids is 2. The smallest absolute Gasteiger partial charge is 0.329 e. The highest BCUT2D eigenvalue weighted by Gasteiger charge is 2.14. The fourth-order valence-corrected chi connectivity index (χ4v) is 1.98. The van der Waals surface area contributed by atoms with E-state index in [-0.39, 0.29) is 6.61 Å². The number of hydrogen-bond acceptors (Lipinski definition) is 5. The monoisotopic (exact) mass is 351 g/mol. The first kappa shape index (κ1) is 18.5. The van der Waals surface area contributed by atoms with Gasteiger partial charge in [0.15, 0.2) is 0 Å². The summed E-state index contributed by atoms with van der Waals surface area (Å²) >= 11 is 0. The van der Waals surface area contributed by atoms with Crippen molar-refractivity contribution >= 4 is 23.7 Å². The van der Waals surface area contributed by atoms with Crippen LogP contribution < -0.4 is 20.2 Å². The number of anilines is 1. The van der Waals surface area contributed by atoms with Gasteiger partial charge in [-0.1, -0.05) is 30.2 Å². The summed E-state index contributed by atoms with van der Waals surface area (Å²) in [5.74, 6) is 1.53. The van der Waals surface area contributed by atoms with Gasteiger partial charge < -0.3 is 14.8 Å². The first-order valence-corrected chi connectivity index (χ1v) is 7.58. The number of rotatable bonds is 6. The van der Waals surface area contributed by atoms with Crippen molar-refractivity contribution in [3.8, 4) is 23.8 Å². The van der Waals surface area contributed by atoms with E-state index in [4.69, 9.17) is 15.9 Å². The molecule has 2 N–H and O–H groups in total.